The van der Waals surface area contributed by atoms with Crippen molar-refractivity contribution >= 4 is 11.8 Å². The monoisotopic (exact) mass is 410 g/mol. The molecule has 1 atom stereocenters. The number of aromatic nitrogens is 3. The van der Waals surface area contributed by atoms with E-state index in [0.717, 1.165) is 57.6 Å². The number of nitrogens with one attached hydrogen (secondary N) is 1. The largest absolute Gasteiger partial charge is 0.350 e. The van der Waals surface area contributed by atoms with Gasteiger partial charge in [-0.1, -0.05) is 6.07 Å². The molecule has 2 aromatic rings. The zero-order valence-corrected chi connectivity index (χ0v) is 17.3. The van der Waals surface area contributed by atoms with E-state index in [1.807, 2.05) is 33.9 Å². The smallest absolute Gasteiger partial charge is 0.242 e. The van der Waals surface area contributed by atoms with Crippen LogP contribution in [0, 0.1) is 5.92 Å². The predicted molar refractivity (Wildman–Crippen MR) is 112 cm³/mol. The van der Waals surface area contributed by atoms with Gasteiger partial charge in [-0.2, -0.15) is 0 Å². The van der Waals surface area contributed by atoms with Crippen molar-refractivity contribution in [2.75, 3.05) is 26.2 Å². The third-order valence-electron chi connectivity index (χ3n) is 6.20. The first-order valence-electron chi connectivity index (χ1n) is 10.8. The highest BCUT2D eigenvalue weighted by Gasteiger charge is 2.32. The molecule has 2 amide bonds. The van der Waals surface area contributed by atoms with Crippen LogP contribution in [0.5, 0.6) is 0 Å². The number of imidazole rings is 1. The Bertz CT molecular complexity index is 817. The fourth-order valence-corrected chi connectivity index (χ4v) is 4.49. The van der Waals surface area contributed by atoms with Gasteiger partial charge in [-0.25, -0.2) is 4.98 Å². The molecule has 0 bridgehead atoms. The van der Waals surface area contributed by atoms with Gasteiger partial charge in [-0.3, -0.25) is 19.5 Å². The zero-order valence-electron chi connectivity index (χ0n) is 17.3. The lowest BCUT2D eigenvalue weighted by atomic mass is 9.93. The molecule has 2 aromatic heterocycles. The lowest BCUT2D eigenvalue weighted by Gasteiger charge is -2.42. The number of carbonyl (C=O) groups is 2. The summed E-state index contributed by atoms with van der Waals surface area (Å²) in [5, 5.41) is 3.05. The Morgan fingerprint density at radius 1 is 1.10 bits per heavy atom. The Kier molecular flexibility index (Phi) is 6.74. The average molecular weight is 411 g/mol. The quantitative estimate of drug-likeness (QED) is 0.776. The fraction of sp³-hybridized carbons (Fsp3) is 0.545. The maximum atomic E-state index is 12.7. The van der Waals surface area contributed by atoms with Gasteiger partial charge < -0.3 is 14.8 Å². The van der Waals surface area contributed by atoms with Crippen LogP contribution in [0.2, 0.25) is 0 Å². The molecule has 2 aliphatic rings. The minimum atomic E-state index is 0.0309. The molecule has 0 spiro atoms. The molecule has 4 heterocycles. The summed E-state index contributed by atoms with van der Waals surface area (Å²) in [5.41, 5.74) is 0.881. The van der Waals surface area contributed by atoms with E-state index < -0.39 is 0 Å². The van der Waals surface area contributed by atoms with Gasteiger partial charge in [0.1, 0.15) is 6.54 Å². The molecule has 2 aliphatic heterocycles. The number of nitrogens with zero attached hydrogens (tertiary/aromatic N) is 5. The minimum absolute atomic E-state index is 0.0309. The Morgan fingerprint density at radius 3 is 2.70 bits per heavy atom. The maximum Gasteiger partial charge on any atom is 0.242 e. The molecule has 0 aromatic carbocycles. The van der Waals surface area contributed by atoms with Gasteiger partial charge in [-0.15, -0.1) is 0 Å². The van der Waals surface area contributed by atoms with Gasteiger partial charge in [0, 0.05) is 44.3 Å². The van der Waals surface area contributed by atoms with Crippen LogP contribution in [0.1, 0.15) is 31.4 Å². The summed E-state index contributed by atoms with van der Waals surface area (Å²) in [7, 11) is 0. The van der Waals surface area contributed by atoms with Crippen LogP contribution in [0.15, 0.2) is 43.1 Å². The molecule has 8 nitrogen and oxygen atoms in total. The minimum Gasteiger partial charge on any atom is -0.350 e. The van der Waals surface area contributed by atoms with Crippen molar-refractivity contribution in [3.05, 3.63) is 48.8 Å². The first-order chi connectivity index (χ1) is 14.7. The number of pyridine rings is 1. The van der Waals surface area contributed by atoms with Crippen molar-refractivity contribution in [1.29, 1.82) is 0 Å². The Labute approximate surface area is 177 Å². The number of amides is 2. The summed E-state index contributed by atoms with van der Waals surface area (Å²) < 4.78 is 1.81. The summed E-state index contributed by atoms with van der Waals surface area (Å²) in [6, 6.07) is 6.19. The van der Waals surface area contributed by atoms with Crippen molar-refractivity contribution in [2.24, 2.45) is 5.92 Å². The van der Waals surface area contributed by atoms with Crippen molar-refractivity contribution in [3.63, 3.8) is 0 Å². The lowest BCUT2D eigenvalue weighted by Crippen LogP contribution is -2.51. The van der Waals surface area contributed by atoms with Crippen LogP contribution in [0.25, 0.3) is 0 Å². The molecule has 8 heteroatoms. The number of likely N-dealkylation sites (tertiary alicyclic amines) is 2. The fourth-order valence-electron chi connectivity index (χ4n) is 4.49. The van der Waals surface area contributed by atoms with Gasteiger partial charge in [-0.05, 0) is 44.4 Å². The van der Waals surface area contributed by atoms with Crippen LogP contribution in [0.3, 0.4) is 0 Å². The number of piperidine rings is 2. The van der Waals surface area contributed by atoms with E-state index in [2.05, 4.69) is 20.2 Å². The summed E-state index contributed by atoms with van der Waals surface area (Å²) in [6.45, 7) is 4.25. The van der Waals surface area contributed by atoms with Crippen LogP contribution in [-0.2, 0) is 22.7 Å². The molecule has 0 unspecified atom stereocenters. The topological polar surface area (TPSA) is 83.4 Å². The van der Waals surface area contributed by atoms with E-state index in [-0.39, 0.29) is 17.7 Å². The Morgan fingerprint density at radius 2 is 1.97 bits per heavy atom. The van der Waals surface area contributed by atoms with Gasteiger partial charge in [0.15, 0.2) is 0 Å². The highest BCUT2D eigenvalue weighted by Crippen LogP contribution is 2.24. The average Bonchev–Trinajstić information content (AvgIpc) is 3.31. The standard InChI is InChI=1S/C22H30N6O2/c29-21(16-26-13-9-23-17-26)27-11-6-20(7-12-27)28-10-3-4-18(15-28)22(30)25-14-19-5-1-2-8-24-19/h1-2,5,8-9,13,17-18,20H,3-4,6-7,10-12,14-16H2,(H,25,30)/t18-/m1/s1. The van der Waals surface area contributed by atoms with Crippen molar-refractivity contribution < 1.29 is 9.59 Å². The van der Waals surface area contributed by atoms with E-state index in [0.29, 0.717) is 19.1 Å². The van der Waals surface area contributed by atoms with Crippen LogP contribution in [-0.4, -0.2) is 68.4 Å². The van der Waals surface area contributed by atoms with Gasteiger partial charge in [0.2, 0.25) is 11.8 Å². The zero-order chi connectivity index (χ0) is 20.8. The summed E-state index contributed by atoms with van der Waals surface area (Å²) >= 11 is 0. The first-order valence-corrected chi connectivity index (χ1v) is 10.8. The summed E-state index contributed by atoms with van der Waals surface area (Å²) in [5.74, 6) is 0.304. The Balaban J connectivity index is 1.23. The molecule has 0 aliphatic carbocycles. The number of hydrogen-bond donors (Lipinski definition) is 1. The molecule has 1 N–H and O–H groups in total. The first kappa shape index (κ1) is 20.5. The molecule has 0 radical (unpaired) electrons. The second kappa shape index (κ2) is 9.84. The molecule has 2 saturated heterocycles. The summed E-state index contributed by atoms with van der Waals surface area (Å²) in [4.78, 5) is 37.8. The highest BCUT2D eigenvalue weighted by molar-refractivity contribution is 5.79. The van der Waals surface area contributed by atoms with E-state index in [9.17, 15) is 9.59 Å². The second-order valence-corrected chi connectivity index (χ2v) is 8.22. The number of carbonyl (C=O) groups excluding carboxylic acids is 2. The normalized spacial score (nSPS) is 20.8. The summed E-state index contributed by atoms with van der Waals surface area (Å²) in [6.07, 6.45) is 10.9. The lowest BCUT2D eigenvalue weighted by molar-refractivity contribution is -0.133. The van der Waals surface area contributed by atoms with Crippen LogP contribution < -0.4 is 5.32 Å². The SMILES string of the molecule is O=C(NCc1ccccn1)[C@@H]1CCCN(C2CCN(C(=O)Cn3ccnc3)CC2)C1. The number of hydrogen-bond acceptors (Lipinski definition) is 5. The van der Waals surface area contributed by atoms with E-state index >= 15 is 0 Å². The van der Waals surface area contributed by atoms with Crippen LogP contribution >= 0.6 is 0 Å². The highest BCUT2D eigenvalue weighted by atomic mass is 16.2. The van der Waals surface area contributed by atoms with E-state index in [1.54, 1.807) is 18.7 Å². The van der Waals surface area contributed by atoms with Crippen LogP contribution in [0.4, 0.5) is 0 Å². The second-order valence-electron chi connectivity index (χ2n) is 8.22. The third-order valence-corrected chi connectivity index (χ3v) is 6.20. The van der Waals surface area contributed by atoms with Gasteiger partial charge in [0.25, 0.3) is 0 Å². The molecule has 4 rings (SSSR count). The van der Waals surface area contributed by atoms with E-state index in [1.165, 1.54) is 0 Å². The molecular weight excluding hydrogens is 380 g/mol. The molecule has 0 saturated carbocycles. The maximum absolute atomic E-state index is 12.7. The molecule has 160 valence electrons. The van der Waals surface area contributed by atoms with E-state index in [4.69, 9.17) is 0 Å². The van der Waals surface area contributed by atoms with Crippen molar-refractivity contribution in [2.45, 2.75) is 44.8 Å². The molecule has 30 heavy (non-hydrogen) atoms. The van der Waals surface area contributed by atoms with Crippen molar-refractivity contribution in [3.8, 4) is 0 Å². The third kappa shape index (κ3) is 5.24. The predicted octanol–water partition coefficient (Wildman–Crippen LogP) is 1.30. The molecule has 2 fully saturated rings. The molecular formula is C22H30N6O2. The van der Waals surface area contributed by atoms with Gasteiger partial charge >= 0.3 is 0 Å². The van der Waals surface area contributed by atoms with Gasteiger partial charge in [0.05, 0.1) is 24.5 Å². The Hall–Kier alpha value is -2.74. The number of rotatable bonds is 6. The van der Waals surface area contributed by atoms with Crippen molar-refractivity contribution in [1.82, 2.24) is 29.7 Å².